The normalized spacial score (nSPS) is 16.1. The summed E-state index contributed by atoms with van der Waals surface area (Å²) in [4.78, 5) is 8.36. The van der Waals surface area contributed by atoms with Gasteiger partial charge >= 0.3 is 0 Å². The predicted octanol–water partition coefficient (Wildman–Crippen LogP) is 2.28. The summed E-state index contributed by atoms with van der Waals surface area (Å²) in [5, 5.41) is 0.504. The van der Waals surface area contributed by atoms with E-state index in [0.717, 1.165) is 51.1 Å². The van der Waals surface area contributed by atoms with Gasteiger partial charge in [0, 0.05) is 56.6 Å². The molecule has 1 aliphatic heterocycles. The van der Waals surface area contributed by atoms with Crippen LogP contribution in [0.2, 0.25) is 0 Å². The van der Waals surface area contributed by atoms with Gasteiger partial charge in [0.05, 0.1) is 13.2 Å². The molecule has 0 atom stereocenters. The molecule has 0 spiro atoms. The third-order valence-corrected chi connectivity index (χ3v) is 4.01. The van der Waals surface area contributed by atoms with Crippen LogP contribution in [0.15, 0.2) is 24.4 Å². The molecule has 0 aliphatic carbocycles. The van der Waals surface area contributed by atoms with E-state index in [4.69, 9.17) is 4.74 Å². The number of anilines is 1. The first-order valence-electron chi connectivity index (χ1n) is 7.40. The summed E-state index contributed by atoms with van der Waals surface area (Å²) in [5.74, 6) is -1.21. The van der Waals surface area contributed by atoms with Crippen LogP contribution in [0.1, 0.15) is 0 Å². The number of hydrogen-bond acceptors (Lipinski definition) is 4. The number of pyridine rings is 1. The Morgan fingerprint density at radius 1 is 1.27 bits per heavy atom. The number of likely N-dealkylation sites (N-methyl/N-ethyl adjacent to an activating group) is 1. The number of fused-ring (bicyclic) bond motifs is 1. The minimum absolute atomic E-state index is 0.206. The molecular weight excluding hydrogens is 288 g/mol. The van der Waals surface area contributed by atoms with Crippen molar-refractivity contribution in [1.29, 1.82) is 0 Å². The summed E-state index contributed by atoms with van der Waals surface area (Å²) in [6, 6.07) is 4.00. The molecule has 22 heavy (non-hydrogen) atoms. The molecule has 1 saturated heterocycles. The van der Waals surface area contributed by atoms with Crippen LogP contribution in [0.4, 0.5) is 14.5 Å². The van der Waals surface area contributed by atoms with Gasteiger partial charge in [-0.2, -0.15) is 0 Å². The second kappa shape index (κ2) is 6.54. The zero-order valence-corrected chi connectivity index (χ0v) is 12.6. The Bertz CT molecular complexity index is 659. The molecule has 2 aromatic rings. The highest BCUT2D eigenvalue weighted by atomic mass is 19.1. The van der Waals surface area contributed by atoms with E-state index in [9.17, 15) is 8.78 Å². The van der Waals surface area contributed by atoms with Crippen molar-refractivity contribution >= 4 is 16.6 Å². The van der Waals surface area contributed by atoms with E-state index in [1.807, 2.05) is 11.9 Å². The van der Waals surface area contributed by atoms with Crippen molar-refractivity contribution in [2.75, 3.05) is 51.3 Å². The molecule has 1 aromatic heterocycles. The third-order valence-electron chi connectivity index (χ3n) is 4.01. The lowest BCUT2D eigenvalue weighted by atomic mass is 10.1. The molecule has 6 heteroatoms. The van der Waals surface area contributed by atoms with E-state index in [1.54, 1.807) is 12.3 Å². The molecule has 0 N–H and O–H groups in total. The summed E-state index contributed by atoms with van der Waals surface area (Å²) in [6.07, 6.45) is 1.56. The first-order valence-corrected chi connectivity index (χ1v) is 7.40. The van der Waals surface area contributed by atoms with Gasteiger partial charge < -0.3 is 9.64 Å². The monoisotopic (exact) mass is 307 g/mol. The topological polar surface area (TPSA) is 28.6 Å². The summed E-state index contributed by atoms with van der Waals surface area (Å²) >= 11 is 0. The maximum absolute atomic E-state index is 13.8. The Hall–Kier alpha value is -1.79. The Morgan fingerprint density at radius 2 is 2.05 bits per heavy atom. The quantitative estimate of drug-likeness (QED) is 0.866. The SMILES string of the molecule is CN(CCN1CCOCC1)c1ccnc2c(F)cc(F)cc12. The smallest absolute Gasteiger partial charge is 0.152 e. The van der Waals surface area contributed by atoms with Crippen molar-refractivity contribution in [2.24, 2.45) is 0 Å². The fraction of sp³-hybridized carbons (Fsp3) is 0.438. The van der Waals surface area contributed by atoms with E-state index < -0.39 is 11.6 Å². The van der Waals surface area contributed by atoms with Crippen molar-refractivity contribution < 1.29 is 13.5 Å². The maximum atomic E-state index is 13.8. The molecule has 0 unspecified atom stereocenters. The third kappa shape index (κ3) is 3.18. The van der Waals surface area contributed by atoms with Crippen molar-refractivity contribution in [3.63, 3.8) is 0 Å². The molecule has 1 fully saturated rings. The van der Waals surface area contributed by atoms with Gasteiger partial charge in [-0.15, -0.1) is 0 Å². The molecule has 118 valence electrons. The van der Waals surface area contributed by atoms with Gasteiger partial charge in [-0.1, -0.05) is 0 Å². The van der Waals surface area contributed by atoms with Crippen molar-refractivity contribution in [3.05, 3.63) is 36.0 Å². The summed E-state index contributed by atoms with van der Waals surface area (Å²) < 4.78 is 32.7. The number of morpholine rings is 1. The molecule has 0 bridgehead atoms. The van der Waals surface area contributed by atoms with Crippen LogP contribution in [0.3, 0.4) is 0 Å². The fourth-order valence-electron chi connectivity index (χ4n) is 2.73. The van der Waals surface area contributed by atoms with Gasteiger partial charge in [0.25, 0.3) is 0 Å². The highest BCUT2D eigenvalue weighted by molar-refractivity contribution is 5.91. The van der Waals surface area contributed by atoms with Gasteiger partial charge in [0.15, 0.2) is 5.82 Å². The van der Waals surface area contributed by atoms with Crippen LogP contribution >= 0.6 is 0 Å². The van der Waals surface area contributed by atoms with E-state index in [1.165, 1.54) is 6.07 Å². The fourth-order valence-corrected chi connectivity index (χ4v) is 2.73. The molecule has 1 aromatic carbocycles. The zero-order chi connectivity index (χ0) is 15.5. The van der Waals surface area contributed by atoms with Gasteiger partial charge in [-0.25, -0.2) is 8.78 Å². The second-order valence-electron chi connectivity index (χ2n) is 5.49. The highest BCUT2D eigenvalue weighted by Crippen LogP contribution is 2.27. The van der Waals surface area contributed by atoms with Gasteiger partial charge in [-0.3, -0.25) is 9.88 Å². The van der Waals surface area contributed by atoms with Crippen molar-refractivity contribution in [3.8, 4) is 0 Å². The summed E-state index contributed by atoms with van der Waals surface area (Å²) in [5.41, 5.74) is 0.994. The van der Waals surface area contributed by atoms with Gasteiger partial charge in [0.1, 0.15) is 11.3 Å². The molecule has 0 amide bonds. The lowest BCUT2D eigenvalue weighted by Crippen LogP contribution is -2.40. The van der Waals surface area contributed by atoms with Crippen molar-refractivity contribution in [2.45, 2.75) is 0 Å². The molecule has 3 rings (SSSR count). The first kappa shape index (κ1) is 15.1. The zero-order valence-electron chi connectivity index (χ0n) is 12.6. The molecule has 0 radical (unpaired) electrons. The highest BCUT2D eigenvalue weighted by Gasteiger charge is 2.14. The minimum Gasteiger partial charge on any atom is -0.379 e. The second-order valence-corrected chi connectivity index (χ2v) is 5.49. The number of benzene rings is 1. The van der Waals surface area contributed by atoms with Crippen LogP contribution in [0.25, 0.3) is 10.9 Å². The van der Waals surface area contributed by atoms with Crippen LogP contribution in [0.5, 0.6) is 0 Å². The van der Waals surface area contributed by atoms with E-state index in [0.29, 0.717) is 5.39 Å². The summed E-state index contributed by atoms with van der Waals surface area (Å²) in [6.45, 7) is 5.04. The number of halogens is 2. The lowest BCUT2D eigenvalue weighted by molar-refractivity contribution is 0.0393. The van der Waals surface area contributed by atoms with Gasteiger partial charge in [-0.05, 0) is 12.1 Å². The standard InChI is InChI=1S/C16H19F2N3O/c1-20(4-5-21-6-8-22-9-7-21)15-2-3-19-16-13(15)10-12(17)11-14(16)18/h2-3,10-11H,4-9H2,1H3. The molecule has 0 saturated carbocycles. The Morgan fingerprint density at radius 3 is 2.82 bits per heavy atom. The number of aromatic nitrogens is 1. The largest absolute Gasteiger partial charge is 0.379 e. The molecular formula is C16H19F2N3O. The number of hydrogen-bond donors (Lipinski definition) is 0. The minimum atomic E-state index is -0.626. The molecule has 2 heterocycles. The number of ether oxygens (including phenoxy) is 1. The Kier molecular flexibility index (Phi) is 4.49. The summed E-state index contributed by atoms with van der Waals surface area (Å²) in [7, 11) is 1.93. The Labute approximate surface area is 128 Å². The predicted molar refractivity (Wildman–Crippen MR) is 82.2 cm³/mol. The Balaban J connectivity index is 1.79. The van der Waals surface area contributed by atoms with Crippen LogP contribution in [-0.4, -0.2) is 56.3 Å². The van der Waals surface area contributed by atoms with E-state index >= 15 is 0 Å². The van der Waals surface area contributed by atoms with Crippen LogP contribution < -0.4 is 4.90 Å². The first-order chi connectivity index (χ1) is 10.6. The van der Waals surface area contributed by atoms with Crippen molar-refractivity contribution in [1.82, 2.24) is 9.88 Å². The van der Waals surface area contributed by atoms with Gasteiger partial charge in [0.2, 0.25) is 0 Å². The van der Waals surface area contributed by atoms with Crippen LogP contribution in [-0.2, 0) is 4.74 Å². The van der Waals surface area contributed by atoms with E-state index in [2.05, 4.69) is 9.88 Å². The lowest BCUT2D eigenvalue weighted by Gasteiger charge is -2.29. The van der Waals surface area contributed by atoms with Crippen LogP contribution in [0, 0.1) is 11.6 Å². The molecule has 4 nitrogen and oxygen atoms in total. The average molecular weight is 307 g/mol. The average Bonchev–Trinajstić information content (AvgIpc) is 2.53. The molecule has 1 aliphatic rings. The number of rotatable bonds is 4. The number of nitrogens with zero attached hydrogens (tertiary/aromatic N) is 3. The maximum Gasteiger partial charge on any atom is 0.152 e. The van der Waals surface area contributed by atoms with E-state index in [-0.39, 0.29) is 5.52 Å².